The summed E-state index contributed by atoms with van der Waals surface area (Å²) >= 11 is 0. The largest absolute Gasteiger partial charge is 0.314 e. The Balaban J connectivity index is 2.88. The smallest absolute Gasteiger partial charge is 0.272 e. The first-order valence-electron chi connectivity index (χ1n) is 7.15. The van der Waals surface area contributed by atoms with E-state index in [2.05, 4.69) is 26.1 Å². The molecule has 0 saturated heterocycles. The maximum absolute atomic E-state index is 13.3. The fourth-order valence-electron chi connectivity index (χ4n) is 2.39. The van der Waals surface area contributed by atoms with E-state index in [1.165, 1.54) is 12.1 Å². The molecule has 1 N–H and O–H groups in total. The van der Waals surface area contributed by atoms with Crippen LogP contribution < -0.4 is 5.32 Å². The maximum Gasteiger partial charge on any atom is 0.272 e. The van der Waals surface area contributed by atoms with E-state index in [1.54, 1.807) is 0 Å². The van der Waals surface area contributed by atoms with Crippen molar-refractivity contribution in [2.45, 2.75) is 46.1 Å². The second kappa shape index (κ2) is 7.94. The summed E-state index contributed by atoms with van der Waals surface area (Å²) in [5.41, 5.74) is 0.486. The Morgan fingerprint density at radius 2 is 2.10 bits per heavy atom. The molecule has 5 heteroatoms. The van der Waals surface area contributed by atoms with Gasteiger partial charge in [-0.3, -0.25) is 10.1 Å². The normalized spacial score (nSPS) is 14.0. The van der Waals surface area contributed by atoms with E-state index in [9.17, 15) is 14.5 Å². The molecule has 1 aromatic rings. The van der Waals surface area contributed by atoms with E-state index in [1.807, 2.05) is 0 Å². The molecular weight excluding hydrogens is 259 g/mol. The van der Waals surface area contributed by atoms with Gasteiger partial charge in [-0.15, -0.1) is 0 Å². The van der Waals surface area contributed by atoms with E-state index in [-0.39, 0.29) is 17.6 Å². The molecular formula is C15H23FN2O2. The van der Waals surface area contributed by atoms with Crippen molar-refractivity contribution in [3.8, 4) is 0 Å². The molecule has 20 heavy (non-hydrogen) atoms. The maximum atomic E-state index is 13.3. The highest BCUT2D eigenvalue weighted by atomic mass is 19.1. The number of rotatable bonds is 8. The molecule has 0 bridgehead atoms. The van der Waals surface area contributed by atoms with Crippen LogP contribution in [-0.2, 0) is 6.42 Å². The molecule has 2 atom stereocenters. The second-order valence-electron chi connectivity index (χ2n) is 5.15. The highest BCUT2D eigenvalue weighted by Gasteiger charge is 2.21. The van der Waals surface area contributed by atoms with Crippen LogP contribution in [0.2, 0.25) is 0 Å². The zero-order valence-electron chi connectivity index (χ0n) is 12.4. The molecule has 0 aliphatic rings. The van der Waals surface area contributed by atoms with E-state index < -0.39 is 10.7 Å². The van der Waals surface area contributed by atoms with Crippen molar-refractivity contribution in [2.24, 2.45) is 5.92 Å². The van der Waals surface area contributed by atoms with Gasteiger partial charge in [0.25, 0.3) is 5.69 Å². The molecule has 0 fully saturated rings. The minimum Gasteiger partial charge on any atom is -0.314 e. The molecule has 0 aliphatic carbocycles. The third kappa shape index (κ3) is 4.56. The average Bonchev–Trinajstić information content (AvgIpc) is 2.41. The van der Waals surface area contributed by atoms with Crippen LogP contribution in [-0.4, -0.2) is 17.5 Å². The van der Waals surface area contributed by atoms with Gasteiger partial charge in [-0.05, 0) is 44.4 Å². The first-order chi connectivity index (χ1) is 9.49. The minimum absolute atomic E-state index is 0.00698. The Hall–Kier alpha value is -1.49. The van der Waals surface area contributed by atoms with Crippen molar-refractivity contribution < 1.29 is 9.31 Å². The lowest BCUT2D eigenvalue weighted by molar-refractivity contribution is -0.385. The number of nitro groups is 1. The molecule has 0 saturated carbocycles. The lowest BCUT2D eigenvalue weighted by atomic mass is 9.90. The highest BCUT2D eigenvalue weighted by molar-refractivity contribution is 5.40. The topological polar surface area (TPSA) is 55.2 Å². The molecule has 0 aromatic heterocycles. The van der Waals surface area contributed by atoms with Crippen LogP contribution in [0.5, 0.6) is 0 Å². The van der Waals surface area contributed by atoms with Crippen molar-refractivity contribution >= 4 is 5.69 Å². The monoisotopic (exact) mass is 282 g/mol. The number of nitrogens with zero attached hydrogens (tertiary/aromatic N) is 1. The van der Waals surface area contributed by atoms with E-state index in [0.717, 1.165) is 25.5 Å². The van der Waals surface area contributed by atoms with Gasteiger partial charge in [-0.1, -0.05) is 20.3 Å². The van der Waals surface area contributed by atoms with Gasteiger partial charge >= 0.3 is 0 Å². The Labute approximate surface area is 119 Å². The molecule has 4 nitrogen and oxygen atoms in total. The van der Waals surface area contributed by atoms with Crippen LogP contribution in [0.15, 0.2) is 18.2 Å². The zero-order valence-corrected chi connectivity index (χ0v) is 12.4. The summed E-state index contributed by atoms with van der Waals surface area (Å²) in [6.45, 7) is 7.15. The number of halogens is 1. The first-order valence-corrected chi connectivity index (χ1v) is 7.15. The van der Waals surface area contributed by atoms with E-state index >= 15 is 0 Å². The molecule has 2 unspecified atom stereocenters. The molecule has 0 radical (unpaired) electrons. The number of benzene rings is 1. The Kier molecular flexibility index (Phi) is 6.58. The Morgan fingerprint density at radius 3 is 2.65 bits per heavy atom. The number of nitrogens with one attached hydrogen (secondary N) is 1. The van der Waals surface area contributed by atoms with Crippen LogP contribution in [0.4, 0.5) is 10.1 Å². The summed E-state index contributed by atoms with van der Waals surface area (Å²) < 4.78 is 13.3. The summed E-state index contributed by atoms with van der Waals surface area (Å²) in [4.78, 5) is 10.6. The minimum atomic E-state index is -0.439. The zero-order chi connectivity index (χ0) is 15.1. The fourth-order valence-corrected chi connectivity index (χ4v) is 2.39. The SMILES string of the molecule is CCCNC(C)C(CC)Cc1cc(F)ccc1[N+](=O)[O-]. The van der Waals surface area contributed by atoms with Crippen LogP contribution in [0.3, 0.4) is 0 Å². The van der Waals surface area contributed by atoms with Crippen molar-refractivity contribution in [2.75, 3.05) is 6.54 Å². The number of nitro benzene ring substituents is 1. The third-order valence-corrected chi connectivity index (χ3v) is 3.67. The predicted octanol–water partition coefficient (Wildman–Crippen LogP) is 3.69. The number of hydrogen-bond donors (Lipinski definition) is 1. The standard InChI is InChI=1S/C15H23FN2O2/c1-4-8-17-11(3)12(5-2)9-13-10-14(16)6-7-15(13)18(19)20/h6-7,10-12,17H,4-5,8-9H2,1-3H3. The summed E-state index contributed by atoms with van der Waals surface area (Å²) in [5, 5.41) is 14.4. The summed E-state index contributed by atoms with van der Waals surface area (Å²) in [5.74, 6) is -0.170. The van der Waals surface area contributed by atoms with Gasteiger partial charge in [-0.25, -0.2) is 4.39 Å². The number of hydrogen-bond acceptors (Lipinski definition) is 3. The third-order valence-electron chi connectivity index (χ3n) is 3.67. The van der Waals surface area contributed by atoms with Gasteiger partial charge in [0.05, 0.1) is 4.92 Å². The molecule has 0 heterocycles. The van der Waals surface area contributed by atoms with Gasteiger partial charge in [0.2, 0.25) is 0 Å². The summed E-state index contributed by atoms with van der Waals surface area (Å²) in [6, 6.07) is 3.93. The van der Waals surface area contributed by atoms with Gasteiger partial charge in [0.15, 0.2) is 0 Å². The quantitative estimate of drug-likeness (QED) is 0.584. The van der Waals surface area contributed by atoms with Gasteiger partial charge < -0.3 is 5.32 Å². The van der Waals surface area contributed by atoms with Crippen LogP contribution in [0.1, 0.15) is 39.2 Å². The van der Waals surface area contributed by atoms with Crippen molar-refractivity contribution in [1.29, 1.82) is 0 Å². The lowest BCUT2D eigenvalue weighted by Gasteiger charge is -2.24. The van der Waals surface area contributed by atoms with Crippen molar-refractivity contribution in [3.05, 3.63) is 39.7 Å². The van der Waals surface area contributed by atoms with Crippen molar-refractivity contribution in [3.63, 3.8) is 0 Å². The van der Waals surface area contributed by atoms with Crippen LogP contribution in [0.25, 0.3) is 0 Å². The Bertz CT molecular complexity index is 451. The highest BCUT2D eigenvalue weighted by Crippen LogP contribution is 2.25. The average molecular weight is 282 g/mol. The summed E-state index contributed by atoms with van der Waals surface area (Å²) in [6.07, 6.45) is 2.45. The van der Waals surface area contributed by atoms with Crippen LogP contribution in [0, 0.1) is 21.8 Å². The Morgan fingerprint density at radius 1 is 1.40 bits per heavy atom. The lowest BCUT2D eigenvalue weighted by Crippen LogP contribution is -2.35. The molecule has 0 spiro atoms. The fraction of sp³-hybridized carbons (Fsp3) is 0.600. The van der Waals surface area contributed by atoms with Crippen LogP contribution >= 0.6 is 0 Å². The second-order valence-corrected chi connectivity index (χ2v) is 5.15. The molecule has 0 amide bonds. The van der Waals surface area contributed by atoms with E-state index in [4.69, 9.17) is 0 Å². The van der Waals surface area contributed by atoms with E-state index in [0.29, 0.717) is 12.0 Å². The summed E-state index contributed by atoms with van der Waals surface area (Å²) in [7, 11) is 0. The van der Waals surface area contributed by atoms with Crippen molar-refractivity contribution in [1.82, 2.24) is 5.32 Å². The predicted molar refractivity (Wildman–Crippen MR) is 78.3 cm³/mol. The van der Waals surface area contributed by atoms with Gasteiger partial charge in [-0.2, -0.15) is 0 Å². The molecule has 112 valence electrons. The van der Waals surface area contributed by atoms with Gasteiger partial charge in [0.1, 0.15) is 5.82 Å². The van der Waals surface area contributed by atoms with Gasteiger partial charge in [0, 0.05) is 17.7 Å². The molecule has 0 aliphatic heterocycles. The first kappa shape index (κ1) is 16.6. The molecule has 1 aromatic carbocycles. The molecule has 1 rings (SSSR count).